The molecule has 0 aliphatic heterocycles. The largest absolute Gasteiger partial charge is 0.469 e. The minimum Gasteiger partial charge on any atom is -0.469 e. The lowest BCUT2D eigenvalue weighted by atomic mass is 9.89. The number of aryl methyl sites for hydroxylation is 1. The Balaban J connectivity index is 2.16. The number of hydrogen-bond donors (Lipinski definition) is 0. The number of carbonyl (C=O) groups is 2. The van der Waals surface area contributed by atoms with Gasteiger partial charge in [0.2, 0.25) is 0 Å². The number of fused-ring (bicyclic) bond motifs is 2. The molecule has 31 heavy (non-hydrogen) atoms. The zero-order chi connectivity index (χ0) is 22.6. The van der Waals surface area contributed by atoms with Gasteiger partial charge in [0.15, 0.2) is 0 Å². The van der Waals surface area contributed by atoms with Crippen LogP contribution in [0.1, 0.15) is 70.6 Å². The van der Waals surface area contributed by atoms with Crippen molar-refractivity contribution in [1.82, 2.24) is 0 Å². The summed E-state index contributed by atoms with van der Waals surface area (Å²) in [4.78, 5) is 23.1. The van der Waals surface area contributed by atoms with Crippen molar-refractivity contribution in [3.8, 4) is 0 Å². The third-order valence-corrected chi connectivity index (χ3v) is 5.50. The predicted molar refractivity (Wildman–Crippen MR) is 122 cm³/mol. The lowest BCUT2D eigenvalue weighted by Gasteiger charge is -2.20. The summed E-state index contributed by atoms with van der Waals surface area (Å²) in [5.41, 5.74) is 4.46. The summed E-state index contributed by atoms with van der Waals surface area (Å²) in [5.74, 6) is 0.690. The molecule has 1 aromatic heterocycles. The van der Waals surface area contributed by atoms with E-state index in [1.807, 2.05) is 13.2 Å². The Morgan fingerprint density at radius 2 is 2.03 bits per heavy atom. The van der Waals surface area contributed by atoms with Gasteiger partial charge in [-0.3, -0.25) is 9.59 Å². The molecule has 0 spiro atoms. The number of esters is 2. The van der Waals surface area contributed by atoms with Crippen LogP contribution in [0.25, 0.3) is 0 Å². The molecule has 1 atom stereocenters. The normalized spacial score (nSPS) is 21.1. The third-order valence-electron chi connectivity index (χ3n) is 5.50. The van der Waals surface area contributed by atoms with Gasteiger partial charge in [-0.15, -0.1) is 0 Å². The third kappa shape index (κ3) is 9.41. The first-order valence-corrected chi connectivity index (χ1v) is 11.2. The van der Waals surface area contributed by atoms with Crippen LogP contribution in [0.4, 0.5) is 0 Å². The van der Waals surface area contributed by atoms with Crippen LogP contribution < -0.4 is 0 Å². The smallest absolute Gasteiger partial charge is 0.306 e. The Morgan fingerprint density at radius 1 is 1.23 bits per heavy atom. The lowest BCUT2D eigenvalue weighted by Crippen LogP contribution is -2.13. The molecule has 5 nitrogen and oxygen atoms in total. The molecular formula is C26H36O5. The highest BCUT2D eigenvalue weighted by atomic mass is 16.5. The van der Waals surface area contributed by atoms with E-state index in [-0.39, 0.29) is 24.5 Å². The van der Waals surface area contributed by atoms with Gasteiger partial charge in [-0.25, -0.2) is 0 Å². The van der Waals surface area contributed by atoms with E-state index in [1.165, 1.54) is 18.1 Å². The van der Waals surface area contributed by atoms with E-state index in [0.29, 0.717) is 13.0 Å². The van der Waals surface area contributed by atoms with Crippen LogP contribution in [0.3, 0.4) is 0 Å². The van der Waals surface area contributed by atoms with E-state index in [4.69, 9.17) is 13.9 Å². The highest BCUT2D eigenvalue weighted by Gasteiger charge is 2.16. The number of hydrogen-bond acceptors (Lipinski definition) is 5. The first-order chi connectivity index (χ1) is 14.9. The number of furan rings is 1. The summed E-state index contributed by atoms with van der Waals surface area (Å²) in [5, 5.41) is 0. The van der Waals surface area contributed by atoms with Crippen LogP contribution >= 0.6 is 0 Å². The minimum atomic E-state index is -0.300. The first-order valence-electron chi connectivity index (χ1n) is 11.2. The molecule has 1 aromatic rings. The second-order valence-electron chi connectivity index (χ2n) is 8.37. The molecule has 170 valence electrons. The Hall–Kier alpha value is -2.56. The van der Waals surface area contributed by atoms with Crippen molar-refractivity contribution in [3.05, 3.63) is 59.1 Å². The summed E-state index contributed by atoms with van der Waals surface area (Å²) in [6, 6.07) is 2.12. The molecule has 0 amide bonds. The SMILES string of the molecule is C=C(COC(C)=O)C1C/C=C(\C)Cc2cc(co2)CC/C=C(/COC(=O)CCC)CC1. The molecule has 0 saturated carbocycles. The molecule has 2 rings (SSSR count). The van der Waals surface area contributed by atoms with Gasteiger partial charge in [0, 0.05) is 19.8 Å². The molecule has 0 N–H and O–H groups in total. The van der Waals surface area contributed by atoms with Gasteiger partial charge in [0.05, 0.1) is 6.26 Å². The van der Waals surface area contributed by atoms with Crippen molar-refractivity contribution < 1.29 is 23.5 Å². The molecule has 1 aliphatic rings. The highest BCUT2D eigenvalue weighted by Crippen LogP contribution is 2.26. The van der Waals surface area contributed by atoms with E-state index >= 15 is 0 Å². The van der Waals surface area contributed by atoms with Crippen molar-refractivity contribution in [1.29, 1.82) is 0 Å². The summed E-state index contributed by atoms with van der Waals surface area (Å²) in [6.07, 6.45) is 12.5. The number of rotatable bonds is 7. The zero-order valence-electron chi connectivity index (χ0n) is 19.2. The van der Waals surface area contributed by atoms with Crippen LogP contribution in [0.2, 0.25) is 0 Å². The average Bonchev–Trinajstić information content (AvgIpc) is 3.16. The molecule has 0 fully saturated rings. The summed E-state index contributed by atoms with van der Waals surface area (Å²) in [7, 11) is 0. The van der Waals surface area contributed by atoms with Gasteiger partial charge in [-0.05, 0) is 74.1 Å². The van der Waals surface area contributed by atoms with Crippen molar-refractivity contribution in [2.24, 2.45) is 5.92 Å². The highest BCUT2D eigenvalue weighted by molar-refractivity contribution is 5.69. The molecule has 0 radical (unpaired) electrons. The van der Waals surface area contributed by atoms with E-state index < -0.39 is 0 Å². The number of allylic oxidation sites excluding steroid dienone is 3. The van der Waals surface area contributed by atoms with Crippen LogP contribution in [0.15, 0.2) is 52.2 Å². The second-order valence-corrected chi connectivity index (χ2v) is 8.37. The van der Waals surface area contributed by atoms with E-state index in [2.05, 4.69) is 31.7 Å². The topological polar surface area (TPSA) is 65.7 Å². The Kier molecular flexibility index (Phi) is 10.3. The maximum Gasteiger partial charge on any atom is 0.306 e. The Morgan fingerprint density at radius 3 is 2.77 bits per heavy atom. The monoisotopic (exact) mass is 428 g/mol. The molecule has 1 heterocycles. The van der Waals surface area contributed by atoms with E-state index in [1.54, 1.807) is 0 Å². The van der Waals surface area contributed by atoms with Crippen molar-refractivity contribution in [2.75, 3.05) is 13.2 Å². The fourth-order valence-corrected chi connectivity index (χ4v) is 3.63. The fourth-order valence-electron chi connectivity index (χ4n) is 3.63. The summed E-state index contributed by atoms with van der Waals surface area (Å²) in [6.45, 7) is 10.2. The molecule has 1 aliphatic carbocycles. The fraction of sp³-hybridized carbons (Fsp3) is 0.538. The van der Waals surface area contributed by atoms with Crippen LogP contribution in [-0.4, -0.2) is 25.2 Å². The Bertz CT molecular complexity index is 812. The predicted octanol–water partition coefficient (Wildman–Crippen LogP) is 5.89. The van der Waals surface area contributed by atoms with Gasteiger partial charge in [0.1, 0.15) is 19.0 Å². The molecule has 1 unspecified atom stereocenters. The quantitative estimate of drug-likeness (QED) is 0.400. The van der Waals surface area contributed by atoms with Crippen molar-refractivity contribution >= 4 is 11.9 Å². The number of ether oxygens (including phenoxy) is 2. The maximum atomic E-state index is 11.9. The second kappa shape index (κ2) is 13.0. The zero-order valence-corrected chi connectivity index (χ0v) is 19.2. The first kappa shape index (κ1) is 24.7. The molecule has 2 bridgehead atoms. The summed E-state index contributed by atoms with van der Waals surface area (Å²) < 4.78 is 16.4. The lowest BCUT2D eigenvalue weighted by molar-refractivity contribution is -0.143. The van der Waals surface area contributed by atoms with Crippen molar-refractivity contribution in [2.45, 2.75) is 72.1 Å². The average molecular weight is 429 g/mol. The minimum absolute atomic E-state index is 0.156. The van der Waals surface area contributed by atoms with Crippen LogP contribution in [0, 0.1) is 5.92 Å². The van der Waals surface area contributed by atoms with Crippen LogP contribution in [0.5, 0.6) is 0 Å². The molecular weight excluding hydrogens is 392 g/mol. The number of carbonyl (C=O) groups excluding carboxylic acids is 2. The molecule has 5 heteroatoms. The van der Waals surface area contributed by atoms with E-state index in [0.717, 1.165) is 61.9 Å². The van der Waals surface area contributed by atoms with Gasteiger partial charge in [0.25, 0.3) is 0 Å². The molecule has 0 aromatic carbocycles. The van der Waals surface area contributed by atoms with Gasteiger partial charge >= 0.3 is 11.9 Å². The van der Waals surface area contributed by atoms with E-state index in [9.17, 15) is 9.59 Å². The van der Waals surface area contributed by atoms with Crippen LogP contribution in [-0.2, 0) is 31.9 Å². The maximum absolute atomic E-state index is 11.9. The Labute approximate surface area is 186 Å². The van der Waals surface area contributed by atoms with Crippen molar-refractivity contribution in [3.63, 3.8) is 0 Å². The van der Waals surface area contributed by atoms with Gasteiger partial charge in [-0.2, -0.15) is 0 Å². The summed E-state index contributed by atoms with van der Waals surface area (Å²) >= 11 is 0. The van der Waals surface area contributed by atoms with Gasteiger partial charge in [-0.1, -0.05) is 31.2 Å². The van der Waals surface area contributed by atoms with Gasteiger partial charge < -0.3 is 13.9 Å². The molecule has 0 saturated heterocycles. The standard InChI is InChI=1S/C26H36O5/c1-5-7-26(28)31-17-22-8-6-9-23-15-25(30-18-23)14-19(2)10-12-24(13-11-22)20(3)16-29-21(4)27/h8,10,15,18,24H,3,5-7,9,11-14,16-17H2,1-2,4H3/b19-10+,22-8+.